The SMILES string of the molecule is CCCCC(C)NC(=O)CC1(N)CCCCC1. The maximum atomic E-state index is 11.9. The van der Waals surface area contributed by atoms with Crippen LogP contribution in [0, 0.1) is 0 Å². The van der Waals surface area contributed by atoms with Gasteiger partial charge in [-0.25, -0.2) is 0 Å². The lowest BCUT2D eigenvalue weighted by Gasteiger charge is -2.33. The highest BCUT2D eigenvalue weighted by Crippen LogP contribution is 2.28. The Bertz CT molecular complexity index is 234. The second-order valence-electron chi connectivity index (χ2n) is 5.71. The van der Waals surface area contributed by atoms with Crippen LogP contribution in [-0.4, -0.2) is 17.5 Å². The van der Waals surface area contributed by atoms with Crippen LogP contribution in [0.25, 0.3) is 0 Å². The Morgan fingerprint density at radius 3 is 2.59 bits per heavy atom. The van der Waals surface area contributed by atoms with Crippen molar-refractivity contribution in [2.75, 3.05) is 0 Å². The molecule has 0 aliphatic heterocycles. The molecule has 3 nitrogen and oxygen atoms in total. The van der Waals surface area contributed by atoms with Gasteiger partial charge in [-0.05, 0) is 26.2 Å². The predicted octanol–water partition coefficient (Wildman–Crippen LogP) is 2.73. The maximum absolute atomic E-state index is 11.9. The minimum absolute atomic E-state index is 0.137. The first-order valence-corrected chi connectivity index (χ1v) is 7.14. The summed E-state index contributed by atoms with van der Waals surface area (Å²) >= 11 is 0. The summed E-state index contributed by atoms with van der Waals surface area (Å²) in [5.74, 6) is 0.137. The van der Waals surface area contributed by atoms with E-state index in [0.29, 0.717) is 6.42 Å². The summed E-state index contributed by atoms with van der Waals surface area (Å²) in [5, 5.41) is 3.07. The second kappa shape index (κ2) is 7.00. The Hall–Kier alpha value is -0.570. The van der Waals surface area contributed by atoms with Crippen LogP contribution in [0.3, 0.4) is 0 Å². The van der Waals surface area contributed by atoms with E-state index in [1.54, 1.807) is 0 Å². The number of nitrogens with two attached hydrogens (primary N) is 1. The molecule has 17 heavy (non-hydrogen) atoms. The van der Waals surface area contributed by atoms with Crippen molar-refractivity contribution in [3.8, 4) is 0 Å². The number of rotatable bonds is 6. The number of carbonyl (C=O) groups excluding carboxylic acids is 1. The molecule has 0 radical (unpaired) electrons. The first-order valence-electron chi connectivity index (χ1n) is 7.14. The van der Waals surface area contributed by atoms with Crippen molar-refractivity contribution in [3.05, 3.63) is 0 Å². The van der Waals surface area contributed by atoms with E-state index in [9.17, 15) is 4.79 Å². The Labute approximate surface area is 106 Å². The largest absolute Gasteiger partial charge is 0.354 e. The van der Waals surface area contributed by atoms with E-state index in [-0.39, 0.29) is 17.5 Å². The highest BCUT2D eigenvalue weighted by atomic mass is 16.1. The van der Waals surface area contributed by atoms with E-state index >= 15 is 0 Å². The molecule has 0 aromatic carbocycles. The molecular weight excluding hydrogens is 212 g/mol. The number of unbranched alkanes of at least 4 members (excludes halogenated alkanes) is 1. The van der Waals surface area contributed by atoms with Gasteiger partial charge in [0.15, 0.2) is 0 Å². The highest BCUT2D eigenvalue weighted by molar-refractivity contribution is 5.77. The topological polar surface area (TPSA) is 55.1 Å². The standard InChI is InChI=1S/C14H28N2O/c1-3-4-8-12(2)16-13(17)11-14(15)9-6-5-7-10-14/h12H,3-11,15H2,1-2H3,(H,16,17). The van der Waals surface area contributed by atoms with Crippen LogP contribution in [0.5, 0.6) is 0 Å². The van der Waals surface area contributed by atoms with E-state index < -0.39 is 0 Å². The van der Waals surface area contributed by atoms with Gasteiger partial charge in [-0.2, -0.15) is 0 Å². The average Bonchev–Trinajstić information content (AvgIpc) is 2.26. The monoisotopic (exact) mass is 240 g/mol. The molecule has 0 bridgehead atoms. The maximum Gasteiger partial charge on any atom is 0.222 e. The normalized spacial score (nSPS) is 20.9. The summed E-state index contributed by atoms with van der Waals surface area (Å²) < 4.78 is 0. The lowest BCUT2D eigenvalue weighted by molar-refractivity contribution is -0.123. The average molecular weight is 240 g/mol. The molecule has 0 saturated heterocycles. The van der Waals surface area contributed by atoms with Crippen molar-refractivity contribution in [1.82, 2.24) is 5.32 Å². The van der Waals surface area contributed by atoms with Gasteiger partial charge in [0.1, 0.15) is 0 Å². The molecular formula is C14H28N2O. The van der Waals surface area contributed by atoms with Crippen LogP contribution >= 0.6 is 0 Å². The van der Waals surface area contributed by atoms with E-state index in [1.165, 1.54) is 32.1 Å². The van der Waals surface area contributed by atoms with Crippen molar-refractivity contribution in [2.24, 2.45) is 5.73 Å². The quantitative estimate of drug-likeness (QED) is 0.750. The van der Waals surface area contributed by atoms with Crippen LogP contribution in [0.15, 0.2) is 0 Å². The summed E-state index contributed by atoms with van der Waals surface area (Å²) in [4.78, 5) is 11.9. The molecule has 0 spiro atoms. The first kappa shape index (κ1) is 14.5. The summed E-state index contributed by atoms with van der Waals surface area (Å²) in [5.41, 5.74) is 6.05. The molecule has 1 aliphatic carbocycles. The third-order valence-corrected chi connectivity index (χ3v) is 3.76. The van der Waals surface area contributed by atoms with Crippen molar-refractivity contribution in [3.63, 3.8) is 0 Å². The molecule has 3 heteroatoms. The van der Waals surface area contributed by atoms with Crippen molar-refractivity contribution in [1.29, 1.82) is 0 Å². The zero-order valence-corrected chi connectivity index (χ0v) is 11.4. The fraction of sp³-hybridized carbons (Fsp3) is 0.929. The van der Waals surface area contributed by atoms with Crippen molar-refractivity contribution < 1.29 is 4.79 Å². The van der Waals surface area contributed by atoms with Gasteiger partial charge in [-0.1, -0.05) is 39.0 Å². The van der Waals surface area contributed by atoms with Crippen LogP contribution < -0.4 is 11.1 Å². The van der Waals surface area contributed by atoms with Crippen LogP contribution in [0.4, 0.5) is 0 Å². The Morgan fingerprint density at radius 2 is 2.00 bits per heavy atom. The molecule has 1 amide bonds. The van der Waals surface area contributed by atoms with Gasteiger partial charge >= 0.3 is 0 Å². The van der Waals surface area contributed by atoms with Crippen LogP contribution in [0.2, 0.25) is 0 Å². The molecule has 1 rings (SSSR count). The second-order valence-corrected chi connectivity index (χ2v) is 5.71. The molecule has 1 aliphatic rings. The van der Waals surface area contributed by atoms with Gasteiger partial charge in [0.2, 0.25) is 5.91 Å². The van der Waals surface area contributed by atoms with Gasteiger partial charge in [0.25, 0.3) is 0 Å². The van der Waals surface area contributed by atoms with Gasteiger partial charge < -0.3 is 11.1 Å². The lowest BCUT2D eigenvalue weighted by atomic mass is 9.80. The molecule has 3 N–H and O–H groups in total. The van der Waals surface area contributed by atoms with E-state index in [1.807, 2.05) is 0 Å². The Morgan fingerprint density at radius 1 is 1.35 bits per heavy atom. The minimum atomic E-state index is -0.229. The molecule has 100 valence electrons. The third kappa shape index (κ3) is 5.53. The predicted molar refractivity (Wildman–Crippen MR) is 71.8 cm³/mol. The fourth-order valence-corrected chi connectivity index (χ4v) is 2.66. The van der Waals surface area contributed by atoms with Crippen molar-refractivity contribution in [2.45, 2.75) is 83.2 Å². The van der Waals surface area contributed by atoms with E-state index in [0.717, 1.165) is 19.3 Å². The Kier molecular flexibility index (Phi) is 5.96. The van der Waals surface area contributed by atoms with Gasteiger partial charge in [0.05, 0.1) is 0 Å². The minimum Gasteiger partial charge on any atom is -0.354 e. The molecule has 1 atom stereocenters. The summed E-state index contributed by atoms with van der Waals surface area (Å²) in [6.45, 7) is 4.25. The van der Waals surface area contributed by atoms with Crippen LogP contribution in [-0.2, 0) is 4.79 Å². The number of hydrogen-bond acceptors (Lipinski definition) is 2. The zero-order valence-electron chi connectivity index (χ0n) is 11.4. The van der Waals surface area contributed by atoms with E-state index in [4.69, 9.17) is 5.73 Å². The fourth-order valence-electron chi connectivity index (χ4n) is 2.66. The number of carbonyl (C=O) groups is 1. The highest BCUT2D eigenvalue weighted by Gasteiger charge is 2.30. The zero-order chi connectivity index (χ0) is 12.7. The van der Waals surface area contributed by atoms with Crippen molar-refractivity contribution >= 4 is 5.91 Å². The third-order valence-electron chi connectivity index (χ3n) is 3.76. The molecule has 1 saturated carbocycles. The number of hydrogen-bond donors (Lipinski definition) is 2. The molecule has 1 fully saturated rings. The lowest BCUT2D eigenvalue weighted by Crippen LogP contribution is -2.47. The van der Waals surface area contributed by atoms with Gasteiger partial charge in [-0.15, -0.1) is 0 Å². The number of amides is 1. The summed E-state index contributed by atoms with van der Waals surface area (Å²) in [6.07, 6.45) is 9.56. The Balaban J connectivity index is 2.27. The summed E-state index contributed by atoms with van der Waals surface area (Å²) in [6, 6.07) is 0.287. The van der Waals surface area contributed by atoms with Gasteiger partial charge in [0, 0.05) is 18.0 Å². The number of nitrogens with one attached hydrogen (secondary N) is 1. The summed E-state index contributed by atoms with van der Waals surface area (Å²) in [7, 11) is 0. The van der Waals surface area contributed by atoms with Crippen LogP contribution in [0.1, 0.15) is 71.6 Å². The smallest absolute Gasteiger partial charge is 0.222 e. The van der Waals surface area contributed by atoms with E-state index in [2.05, 4.69) is 19.2 Å². The first-order chi connectivity index (χ1) is 8.06. The van der Waals surface area contributed by atoms with Gasteiger partial charge in [-0.3, -0.25) is 4.79 Å². The molecule has 0 aromatic heterocycles. The molecule has 1 unspecified atom stereocenters. The molecule has 0 heterocycles. The molecule has 0 aromatic rings.